The van der Waals surface area contributed by atoms with Gasteiger partial charge in [0.25, 0.3) is 5.91 Å². The van der Waals surface area contributed by atoms with Gasteiger partial charge in [-0.3, -0.25) is 4.79 Å². The molecule has 0 unspecified atom stereocenters. The van der Waals surface area contributed by atoms with Gasteiger partial charge in [0.2, 0.25) is 0 Å². The average molecular weight is 480 g/mol. The first-order valence-corrected chi connectivity index (χ1v) is 11.3. The molecule has 160 valence electrons. The van der Waals surface area contributed by atoms with Crippen LogP contribution in [-0.2, 0) is 13.0 Å². The largest absolute Gasteiger partial charge is 0.496 e. The number of methoxy groups -OCH3 is 1. The summed E-state index contributed by atoms with van der Waals surface area (Å²) in [4.78, 5) is 15.0. The number of unbranched alkanes of at least 4 members (excludes halogenated alkanes) is 1. The van der Waals surface area contributed by atoms with E-state index in [0.717, 1.165) is 62.4 Å². The number of carbonyl (C=O) groups is 1. The lowest BCUT2D eigenvalue weighted by Crippen LogP contribution is -2.26. The van der Waals surface area contributed by atoms with Gasteiger partial charge < -0.3 is 14.1 Å². The number of para-hydroxylation sites is 1. The predicted octanol–water partition coefficient (Wildman–Crippen LogP) is 6.97. The Balaban J connectivity index is 1.61. The molecule has 0 aliphatic rings. The minimum absolute atomic E-state index is 0.0849. The molecule has 1 heterocycles. The number of furan rings is 1. The minimum Gasteiger partial charge on any atom is -0.496 e. The number of benzene rings is 3. The van der Waals surface area contributed by atoms with Crippen LogP contribution < -0.4 is 4.74 Å². The van der Waals surface area contributed by atoms with Gasteiger partial charge >= 0.3 is 0 Å². The molecule has 0 atom stereocenters. The Labute approximate surface area is 190 Å². The third-order valence-corrected chi connectivity index (χ3v) is 6.46. The molecule has 0 aliphatic carbocycles. The molecule has 4 rings (SSSR count). The molecule has 5 heteroatoms. The molecule has 0 N–H and O–H groups in total. The number of rotatable bonds is 7. The molecule has 31 heavy (non-hydrogen) atoms. The Bertz CT molecular complexity index is 1240. The van der Waals surface area contributed by atoms with Crippen LogP contribution in [0.4, 0.5) is 0 Å². The van der Waals surface area contributed by atoms with E-state index in [1.54, 1.807) is 12.0 Å². The number of hydrogen-bond acceptors (Lipinski definition) is 3. The van der Waals surface area contributed by atoms with Gasteiger partial charge in [-0.25, -0.2) is 0 Å². The monoisotopic (exact) mass is 479 g/mol. The molecule has 0 saturated heterocycles. The molecule has 4 nitrogen and oxygen atoms in total. The summed E-state index contributed by atoms with van der Waals surface area (Å²) in [6.45, 7) is 2.66. The van der Waals surface area contributed by atoms with Gasteiger partial charge in [-0.05, 0) is 63.3 Å². The first-order chi connectivity index (χ1) is 15.0. The topological polar surface area (TPSA) is 42.7 Å². The van der Waals surface area contributed by atoms with Crippen molar-refractivity contribution in [3.05, 3.63) is 76.0 Å². The Morgan fingerprint density at radius 1 is 1.10 bits per heavy atom. The maximum atomic E-state index is 13.3. The highest BCUT2D eigenvalue weighted by molar-refractivity contribution is 9.10. The van der Waals surface area contributed by atoms with Crippen LogP contribution in [0.5, 0.6) is 5.75 Å². The van der Waals surface area contributed by atoms with Gasteiger partial charge in [0.05, 0.1) is 11.6 Å². The summed E-state index contributed by atoms with van der Waals surface area (Å²) in [6.07, 6.45) is 2.94. The Kier molecular flexibility index (Phi) is 6.33. The van der Waals surface area contributed by atoms with E-state index in [4.69, 9.17) is 9.15 Å². The number of hydrogen-bond donors (Lipinski definition) is 0. The Morgan fingerprint density at radius 3 is 2.68 bits per heavy atom. The maximum Gasteiger partial charge on any atom is 0.289 e. The highest BCUT2D eigenvalue weighted by atomic mass is 79.9. The van der Waals surface area contributed by atoms with Gasteiger partial charge in [-0.1, -0.05) is 49.7 Å². The molecule has 0 radical (unpaired) electrons. The first-order valence-electron chi connectivity index (χ1n) is 10.5. The lowest BCUT2D eigenvalue weighted by molar-refractivity contribution is 0.0754. The minimum atomic E-state index is -0.0849. The summed E-state index contributed by atoms with van der Waals surface area (Å²) < 4.78 is 12.3. The fourth-order valence-corrected chi connectivity index (χ4v) is 4.62. The Hall–Kier alpha value is -2.79. The van der Waals surface area contributed by atoms with E-state index < -0.39 is 0 Å². The molecule has 4 aromatic rings. The van der Waals surface area contributed by atoms with Gasteiger partial charge in [-0.15, -0.1) is 0 Å². The van der Waals surface area contributed by atoms with E-state index in [2.05, 4.69) is 35.0 Å². The summed E-state index contributed by atoms with van der Waals surface area (Å²) in [7, 11) is 3.49. The molecular weight excluding hydrogens is 454 g/mol. The number of fused-ring (bicyclic) bond motifs is 2. The molecule has 0 bridgehead atoms. The number of ether oxygens (including phenoxy) is 1. The summed E-state index contributed by atoms with van der Waals surface area (Å²) >= 11 is 3.61. The second-order valence-corrected chi connectivity index (χ2v) is 8.60. The second-order valence-electron chi connectivity index (χ2n) is 7.81. The molecule has 0 aliphatic heterocycles. The van der Waals surface area contributed by atoms with Crippen LogP contribution in [0.25, 0.3) is 21.7 Å². The zero-order chi connectivity index (χ0) is 22.0. The molecule has 0 spiro atoms. The van der Waals surface area contributed by atoms with Crippen LogP contribution in [0.15, 0.2) is 63.5 Å². The van der Waals surface area contributed by atoms with Crippen LogP contribution in [0.2, 0.25) is 0 Å². The van der Waals surface area contributed by atoms with Gasteiger partial charge in [0, 0.05) is 24.5 Å². The van der Waals surface area contributed by atoms with Gasteiger partial charge in [-0.2, -0.15) is 0 Å². The van der Waals surface area contributed by atoms with Crippen molar-refractivity contribution >= 4 is 43.6 Å². The summed E-state index contributed by atoms with van der Waals surface area (Å²) in [5.74, 6) is 1.18. The van der Waals surface area contributed by atoms with Crippen molar-refractivity contribution in [3.63, 3.8) is 0 Å². The summed E-state index contributed by atoms with van der Waals surface area (Å²) in [6, 6.07) is 18.1. The van der Waals surface area contributed by atoms with E-state index >= 15 is 0 Å². The van der Waals surface area contributed by atoms with Crippen LogP contribution in [-0.4, -0.2) is 25.0 Å². The maximum absolute atomic E-state index is 13.3. The zero-order valence-corrected chi connectivity index (χ0v) is 19.7. The molecule has 1 amide bonds. The van der Waals surface area contributed by atoms with E-state index in [1.165, 1.54) is 0 Å². The lowest BCUT2D eigenvalue weighted by atomic mass is 10.0. The van der Waals surface area contributed by atoms with Crippen LogP contribution in [0, 0.1) is 0 Å². The van der Waals surface area contributed by atoms with E-state index in [1.807, 2.05) is 49.5 Å². The normalized spacial score (nSPS) is 11.2. The van der Waals surface area contributed by atoms with E-state index in [0.29, 0.717) is 12.3 Å². The Morgan fingerprint density at radius 2 is 1.90 bits per heavy atom. The summed E-state index contributed by atoms with van der Waals surface area (Å²) in [5.41, 5.74) is 2.85. The number of nitrogens with zero attached hydrogens (tertiary/aromatic N) is 1. The SMILES string of the molecule is CCCCc1c(C(=O)N(C)Cc2ccc3c(Br)c(OC)ccc3c2)oc2ccccc12. The molecule has 3 aromatic carbocycles. The molecule has 1 aromatic heterocycles. The first kappa shape index (κ1) is 21.4. The van der Waals surface area contributed by atoms with Crippen LogP contribution >= 0.6 is 15.9 Å². The predicted molar refractivity (Wildman–Crippen MR) is 129 cm³/mol. The zero-order valence-electron chi connectivity index (χ0n) is 18.1. The van der Waals surface area contributed by atoms with Crippen LogP contribution in [0.1, 0.15) is 41.4 Å². The third kappa shape index (κ3) is 4.19. The van der Waals surface area contributed by atoms with Crippen molar-refractivity contribution in [1.29, 1.82) is 0 Å². The highest BCUT2D eigenvalue weighted by Gasteiger charge is 2.23. The quantitative estimate of drug-likeness (QED) is 0.287. The highest BCUT2D eigenvalue weighted by Crippen LogP contribution is 2.34. The number of carbonyl (C=O) groups excluding carboxylic acids is 1. The third-order valence-electron chi connectivity index (χ3n) is 5.64. The van der Waals surface area contributed by atoms with Crippen molar-refractivity contribution in [2.75, 3.05) is 14.2 Å². The van der Waals surface area contributed by atoms with Gasteiger partial charge in [0.1, 0.15) is 11.3 Å². The smallest absolute Gasteiger partial charge is 0.289 e. The van der Waals surface area contributed by atoms with E-state index in [-0.39, 0.29) is 5.91 Å². The van der Waals surface area contributed by atoms with Crippen molar-refractivity contribution in [3.8, 4) is 5.75 Å². The molecule has 0 fully saturated rings. The van der Waals surface area contributed by atoms with Crippen molar-refractivity contribution < 1.29 is 13.9 Å². The average Bonchev–Trinajstić information content (AvgIpc) is 3.15. The van der Waals surface area contributed by atoms with E-state index in [9.17, 15) is 4.79 Å². The van der Waals surface area contributed by atoms with Crippen molar-refractivity contribution in [2.24, 2.45) is 0 Å². The fraction of sp³-hybridized carbons (Fsp3) is 0.269. The summed E-state index contributed by atoms with van der Waals surface area (Å²) in [5, 5.41) is 3.21. The molecular formula is C26H26BrNO3. The van der Waals surface area contributed by atoms with Crippen molar-refractivity contribution in [1.82, 2.24) is 4.90 Å². The second kappa shape index (κ2) is 9.15. The van der Waals surface area contributed by atoms with Crippen LogP contribution in [0.3, 0.4) is 0 Å². The van der Waals surface area contributed by atoms with Crippen molar-refractivity contribution in [2.45, 2.75) is 32.7 Å². The van der Waals surface area contributed by atoms with Gasteiger partial charge in [0.15, 0.2) is 5.76 Å². The fourth-order valence-electron chi connectivity index (χ4n) is 3.97. The molecule has 0 saturated carbocycles. The lowest BCUT2D eigenvalue weighted by Gasteiger charge is -2.17. The number of halogens is 1. The standard InChI is InChI=1S/C26H26BrNO3/c1-4-5-8-21-20-9-6-7-10-22(20)31-25(21)26(29)28(2)16-17-11-13-19-18(15-17)12-14-23(30-3)24(19)27/h6-7,9-15H,4-5,8,16H2,1-3H3. The number of amides is 1. The number of aryl methyl sites for hydroxylation is 1.